The normalized spacial score (nSPS) is 22.8. The molecule has 0 aromatic carbocycles. The highest BCUT2D eigenvalue weighted by Gasteiger charge is 2.27. The molecule has 13 heavy (non-hydrogen) atoms. The molecule has 1 atom stereocenters. The van der Waals surface area contributed by atoms with Crippen molar-refractivity contribution >= 4 is 17.5 Å². The van der Waals surface area contributed by atoms with Crippen LogP contribution in [0.3, 0.4) is 0 Å². The van der Waals surface area contributed by atoms with E-state index in [1.54, 1.807) is 0 Å². The van der Waals surface area contributed by atoms with E-state index in [-0.39, 0.29) is 0 Å². The Hall–Kier alpha value is -0.240. The van der Waals surface area contributed by atoms with Gasteiger partial charge in [-0.3, -0.25) is 4.79 Å². The molecule has 0 saturated carbocycles. The highest BCUT2D eigenvalue weighted by Crippen LogP contribution is 2.21. The maximum absolute atomic E-state index is 11.4. The lowest BCUT2D eigenvalue weighted by Crippen LogP contribution is -2.26. The Morgan fingerprint density at radius 3 is 3.00 bits per heavy atom. The number of rotatable bonds is 5. The molecule has 0 spiro atoms. The monoisotopic (exact) mass is 203 g/mol. The quantitative estimate of drug-likeness (QED) is 0.628. The van der Waals surface area contributed by atoms with Crippen LogP contribution in [0.25, 0.3) is 0 Å². The molecular weight excluding hydrogens is 186 g/mol. The molecule has 2 nitrogen and oxygen atoms in total. The van der Waals surface area contributed by atoms with E-state index >= 15 is 0 Å². The second-order valence-electron chi connectivity index (χ2n) is 3.74. The Kier molecular flexibility index (Phi) is 4.57. The average Bonchev–Trinajstić information content (AvgIpc) is 2.44. The first kappa shape index (κ1) is 10.8. The van der Waals surface area contributed by atoms with Crippen LogP contribution in [-0.2, 0) is 4.79 Å². The van der Waals surface area contributed by atoms with E-state index in [9.17, 15) is 4.79 Å². The summed E-state index contributed by atoms with van der Waals surface area (Å²) in [6, 6.07) is 0. The van der Waals surface area contributed by atoms with Crippen molar-refractivity contribution in [2.75, 3.05) is 19.0 Å². The number of likely N-dealkylation sites (tertiary alicyclic amines) is 1. The zero-order valence-electron chi connectivity index (χ0n) is 8.26. The Balaban J connectivity index is 2.28. The third kappa shape index (κ3) is 3.18. The Morgan fingerprint density at radius 2 is 2.38 bits per heavy atom. The van der Waals surface area contributed by atoms with Crippen LogP contribution in [0.2, 0.25) is 0 Å². The van der Waals surface area contributed by atoms with Crippen LogP contribution in [0, 0.1) is 5.92 Å². The van der Waals surface area contributed by atoms with Gasteiger partial charge in [0.15, 0.2) is 0 Å². The highest BCUT2D eigenvalue weighted by molar-refractivity contribution is 6.17. The van der Waals surface area contributed by atoms with E-state index in [1.807, 2.05) is 4.90 Å². The molecule has 1 aliphatic rings. The lowest BCUT2D eigenvalue weighted by molar-refractivity contribution is -0.127. The zero-order valence-corrected chi connectivity index (χ0v) is 9.02. The van der Waals surface area contributed by atoms with Crippen molar-refractivity contribution in [1.82, 2.24) is 4.90 Å². The summed E-state index contributed by atoms with van der Waals surface area (Å²) >= 11 is 5.59. The van der Waals surface area contributed by atoms with Gasteiger partial charge in [0, 0.05) is 25.4 Å². The summed E-state index contributed by atoms with van der Waals surface area (Å²) in [7, 11) is 0. The first-order chi connectivity index (χ1) is 6.27. The summed E-state index contributed by atoms with van der Waals surface area (Å²) in [6.07, 6.45) is 4.05. The fourth-order valence-corrected chi connectivity index (χ4v) is 2.04. The molecular formula is C10H18ClNO. The van der Waals surface area contributed by atoms with E-state index in [2.05, 4.69) is 6.92 Å². The largest absolute Gasteiger partial charge is 0.342 e. The molecule has 0 aliphatic carbocycles. The highest BCUT2D eigenvalue weighted by atomic mass is 35.5. The number of amides is 1. The summed E-state index contributed by atoms with van der Waals surface area (Å²) in [5, 5.41) is 0. The predicted octanol–water partition coefficient (Wildman–Crippen LogP) is 2.26. The van der Waals surface area contributed by atoms with Gasteiger partial charge < -0.3 is 4.90 Å². The van der Waals surface area contributed by atoms with Crippen molar-refractivity contribution in [2.45, 2.75) is 32.6 Å². The van der Waals surface area contributed by atoms with Crippen molar-refractivity contribution in [3.05, 3.63) is 0 Å². The third-order valence-electron chi connectivity index (χ3n) is 2.55. The summed E-state index contributed by atoms with van der Waals surface area (Å²) in [5.74, 6) is 1.58. The number of nitrogens with zero attached hydrogens (tertiary/aromatic N) is 1. The first-order valence-electron chi connectivity index (χ1n) is 5.11. The van der Waals surface area contributed by atoms with Gasteiger partial charge in [0.05, 0.1) is 0 Å². The van der Waals surface area contributed by atoms with Gasteiger partial charge in [-0.2, -0.15) is 0 Å². The number of carbonyl (C=O) groups is 1. The van der Waals surface area contributed by atoms with Gasteiger partial charge in [-0.05, 0) is 18.8 Å². The third-order valence-corrected chi connectivity index (χ3v) is 2.82. The molecule has 1 aliphatic heterocycles. The minimum atomic E-state index is 0.323. The molecule has 1 unspecified atom stereocenters. The van der Waals surface area contributed by atoms with E-state index < -0.39 is 0 Å². The van der Waals surface area contributed by atoms with Gasteiger partial charge in [-0.25, -0.2) is 0 Å². The average molecular weight is 204 g/mol. The SMILES string of the molecule is CCCC1CC(=O)N(CCCCl)C1. The van der Waals surface area contributed by atoms with E-state index in [0.29, 0.717) is 17.7 Å². The van der Waals surface area contributed by atoms with Crippen LogP contribution in [0.5, 0.6) is 0 Å². The molecule has 1 heterocycles. The molecule has 76 valence electrons. The van der Waals surface area contributed by atoms with Crippen molar-refractivity contribution < 1.29 is 4.79 Å². The molecule has 3 heteroatoms. The van der Waals surface area contributed by atoms with Crippen molar-refractivity contribution in [3.63, 3.8) is 0 Å². The first-order valence-corrected chi connectivity index (χ1v) is 5.65. The Bertz CT molecular complexity index is 172. The fourth-order valence-electron chi connectivity index (χ4n) is 1.92. The second-order valence-corrected chi connectivity index (χ2v) is 4.12. The predicted molar refractivity (Wildman–Crippen MR) is 54.9 cm³/mol. The van der Waals surface area contributed by atoms with Crippen LogP contribution in [0.15, 0.2) is 0 Å². The fraction of sp³-hybridized carbons (Fsp3) is 0.900. The summed E-state index contributed by atoms with van der Waals surface area (Å²) < 4.78 is 0. The number of carbonyl (C=O) groups excluding carboxylic acids is 1. The van der Waals surface area contributed by atoms with E-state index in [4.69, 9.17) is 11.6 Å². The van der Waals surface area contributed by atoms with Crippen LogP contribution in [0.1, 0.15) is 32.6 Å². The molecule has 1 amide bonds. The van der Waals surface area contributed by atoms with Gasteiger partial charge >= 0.3 is 0 Å². The minimum Gasteiger partial charge on any atom is -0.342 e. The van der Waals surface area contributed by atoms with Gasteiger partial charge in [-0.1, -0.05) is 13.3 Å². The number of hydrogen-bond donors (Lipinski definition) is 0. The standard InChI is InChI=1S/C10H18ClNO/c1-2-4-9-7-10(13)12(8-9)6-3-5-11/h9H,2-8H2,1H3. The van der Waals surface area contributed by atoms with Crippen LogP contribution in [0.4, 0.5) is 0 Å². The summed E-state index contributed by atoms with van der Waals surface area (Å²) in [4.78, 5) is 13.4. The summed E-state index contributed by atoms with van der Waals surface area (Å²) in [6.45, 7) is 3.98. The molecule has 0 radical (unpaired) electrons. The van der Waals surface area contributed by atoms with Crippen LogP contribution in [-0.4, -0.2) is 29.8 Å². The molecule has 0 aromatic rings. The molecule has 1 saturated heterocycles. The maximum Gasteiger partial charge on any atom is 0.222 e. The zero-order chi connectivity index (χ0) is 9.68. The molecule has 0 N–H and O–H groups in total. The van der Waals surface area contributed by atoms with Gasteiger partial charge in [-0.15, -0.1) is 11.6 Å². The maximum atomic E-state index is 11.4. The topological polar surface area (TPSA) is 20.3 Å². The van der Waals surface area contributed by atoms with Gasteiger partial charge in [0.25, 0.3) is 0 Å². The lowest BCUT2D eigenvalue weighted by atomic mass is 10.0. The lowest BCUT2D eigenvalue weighted by Gasteiger charge is -2.15. The molecule has 1 fully saturated rings. The Morgan fingerprint density at radius 1 is 1.62 bits per heavy atom. The second kappa shape index (κ2) is 5.48. The molecule has 0 aromatic heterocycles. The van der Waals surface area contributed by atoms with Crippen molar-refractivity contribution in [2.24, 2.45) is 5.92 Å². The van der Waals surface area contributed by atoms with E-state index in [0.717, 1.165) is 25.9 Å². The summed E-state index contributed by atoms with van der Waals surface area (Å²) in [5.41, 5.74) is 0. The number of hydrogen-bond acceptors (Lipinski definition) is 1. The smallest absolute Gasteiger partial charge is 0.222 e. The van der Waals surface area contributed by atoms with Gasteiger partial charge in [0.1, 0.15) is 0 Å². The molecule has 0 bridgehead atoms. The van der Waals surface area contributed by atoms with Crippen molar-refractivity contribution in [1.29, 1.82) is 0 Å². The van der Waals surface area contributed by atoms with Gasteiger partial charge in [0.2, 0.25) is 5.91 Å². The van der Waals surface area contributed by atoms with Crippen molar-refractivity contribution in [3.8, 4) is 0 Å². The number of halogens is 1. The number of alkyl halides is 1. The van der Waals surface area contributed by atoms with E-state index in [1.165, 1.54) is 12.8 Å². The minimum absolute atomic E-state index is 0.323. The van der Waals surface area contributed by atoms with Crippen LogP contribution < -0.4 is 0 Å². The molecule has 1 rings (SSSR count). The van der Waals surface area contributed by atoms with Crippen LogP contribution >= 0.6 is 11.6 Å². The Labute approximate surface area is 85.2 Å².